The normalized spacial score (nSPS) is 11.7. The lowest BCUT2D eigenvalue weighted by atomic mass is 10.2. The fraction of sp³-hybridized carbons (Fsp3) is 0.214. The van der Waals surface area contributed by atoms with E-state index in [4.69, 9.17) is 14.3 Å². The largest absolute Gasteiger partial charge is 0.478 e. The number of carbonyl (C=O) groups excluding carboxylic acids is 1. The van der Waals surface area contributed by atoms with Gasteiger partial charge in [0.1, 0.15) is 11.3 Å². The fourth-order valence-corrected chi connectivity index (χ4v) is 1.63. The number of carbonyl (C=O) groups is 2. The van der Waals surface area contributed by atoms with Gasteiger partial charge in [0.2, 0.25) is 0 Å². The van der Waals surface area contributed by atoms with Crippen molar-refractivity contribution in [3.8, 4) is 5.75 Å². The topological polar surface area (TPSA) is 102 Å². The molecule has 2 aromatic heterocycles. The molecule has 7 heteroatoms. The molecule has 1 amide bonds. The van der Waals surface area contributed by atoms with E-state index in [0.29, 0.717) is 5.76 Å². The van der Waals surface area contributed by atoms with Crippen molar-refractivity contribution in [1.29, 1.82) is 0 Å². The predicted octanol–water partition coefficient (Wildman–Crippen LogP) is 1.46. The first-order valence-electron chi connectivity index (χ1n) is 6.22. The Morgan fingerprint density at radius 3 is 2.95 bits per heavy atom. The molecule has 0 aliphatic heterocycles. The Labute approximate surface area is 120 Å². The van der Waals surface area contributed by atoms with E-state index in [2.05, 4.69) is 10.3 Å². The molecule has 110 valence electrons. The van der Waals surface area contributed by atoms with Crippen LogP contribution in [-0.4, -0.2) is 28.1 Å². The van der Waals surface area contributed by atoms with Crippen LogP contribution in [0.1, 0.15) is 23.0 Å². The van der Waals surface area contributed by atoms with Gasteiger partial charge in [0, 0.05) is 6.20 Å². The molecule has 0 spiro atoms. The number of nitrogens with one attached hydrogen (secondary N) is 1. The number of pyridine rings is 1. The van der Waals surface area contributed by atoms with Crippen LogP contribution in [-0.2, 0) is 11.3 Å². The lowest BCUT2D eigenvalue weighted by Gasteiger charge is -2.15. The van der Waals surface area contributed by atoms with Crippen LogP contribution >= 0.6 is 0 Å². The number of ether oxygens (including phenoxy) is 1. The molecule has 2 heterocycles. The molecule has 2 N–H and O–H groups in total. The Hall–Kier alpha value is -2.83. The van der Waals surface area contributed by atoms with E-state index in [0.717, 1.165) is 0 Å². The van der Waals surface area contributed by atoms with E-state index in [-0.39, 0.29) is 23.8 Å². The molecule has 0 radical (unpaired) electrons. The SMILES string of the molecule is CC(Oc1cnccc1C(=O)O)C(=O)NCc1ccco1. The van der Waals surface area contributed by atoms with Crippen LogP contribution in [0.25, 0.3) is 0 Å². The van der Waals surface area contributed by atoms with Crippen LogP contribution in [0.3, 0.4) is 0 Å². The van der Waals surface area contributed by atoms with Crippen LogP contribution in [0, 0.1) is 0 Å². The van der Waals surface area contributed by atoms with Gasteiger partial charge in [-0.3, -0.25) is 9.78 Å². The highest BCUT2D eigenvalue weighted by atomic mass is 16.5. The molecule has 0 saturated heterocycles. The average Bonchev–Trinajstić information content (AvgIpc) is 2.98. The molecule has 7 nitrogen and oxygen atoms in total. The van der Waals surface area contributed by atoms with Crippen molar-refractivity contribution in [2.45, 2.75) is 19.6 Å². The molecular weight excluding hydrogens is 276 g/mol. The monoisotopic (exact) mass is 290 g/mol. The average molecular weight is 290 g/mol. The molecular formula is C14H14N2O5. The van der Waals surface area contributed by atoms with Crippen LogP contribution in [0.2, 0.25) is 0 Å². The van der Waals surface area contributed by atoms with E-state index in [1.807, 2.05) is 0 Å². The van der Waals surface area contributed by atoms with E-state index in [1.54, 1.807) is 12.1 Å². The van der Waals surface area contributed by atoms with Gasteiger partial charge in [-0.1, -0.05) is 0 Å². The van der Waals surface area contributed by atoms with Gasteiger partial charge < -0.3 is 19.6 Å². The summed E-state index contributed by atoms with van der Waals surface area (Å²) in [5.74, 6) is -0.865. The zero-order valence-corrected chi connectivity index (χ0v) is 11.3. The summed E-state index contributed by atoms with van der Waals surface area (Å²) in [6.07, 6.45) is 3.26. The van der Waals surface area contributed by atoms with E-state index in [9.17, 15) is 9.59 Å². The Kier molecular flexibility index (Phi) is 4.55. The first kappa shape index (κ1) is 14.6. The smallest absolute Gasteiger partial charge is 0.339 e. The van der Waals surface area contributed by atoms with Gasteiger partial charge in [-0.05, 0) is 25.1 Å². The third-order valence-electron chi connectivity index (χ3n) is 2.70. The Morgan fingerprint density at radius 1 is 1.48 bits per heavy atom. The summed E-state index contributed by atoms with van der Waals surface area (Å²) >= 11 is 0. The summed E-state index contributed by atoms with van der Waals surface area (Å²) in [7, 11) is 0. The van der Waals surface area contributed by atoms with Gasteiger partial charge in [0.15, 0.2) is 11.9 Å². The molecule has 0 bridgehead atoms. The lowest BCUT2D eigenvalue weighted by molar-refractivity contribution is -0.127. The number of rotatable bonds is 6. The van der Waals surface area contributed by atoms with E-state index < -0.39 is 12.1 Å². The quantitative estimate of drug-likeness (QED) is 0.835. The van der Waals surface area contributed by atoms with Crippen molar-refractivity contribution in [2.75, 3.05) is 0 Å². The second-order valence-corrected chi connectivity index (χ2v) is 4.23. The molecule has 0 fully saturated rings. The van der Waals surface area contributed by atoms with Crippen molar-refractivity contribution < 1.29 is 23.8 Å². The maximum Gasteiger partial charge on any atom is 0.339 e. The number of carboxylic acid groups (broad SMARTS) is 1. The molecule has 2 aromatic rings. The minimum Gasteiger partial charge on any atom is -0.478 e. The maximum atomic E-state index is 11.9. The molecule has 0 saturated carbocycles. The molecule has 0 aromatic carbocycles. The summed E-state index contributed by atoms with van der Waals surface area (Å²) < 4.78 is 10.4. The number of hydrogen-bond donors (Lipinski definition) is 2. The molecule has 21 heavy (non-hydrogen) atoms. The Balaban J connectivity index is 1.96. The van der Waals surface area contributed by atoms with Crippen molar-refractivity contribution in [1.82, 2.24) is 10.3 Å². The number of aromatic carboxylic acids is 1. The highest BCUT2D eigenvalue weighted by Crippen LogP contribution is 2.17. The number of aromatic nitrogens is 1. The molecule has 2 rings (SSSR count). The highest BCUT2D eigenvalue weighted by Gasteiger charge is 2.18. The summed E-state index contributed by atoms with van der Waals surface area (Å²) in [5.41, 5.74) is -0.0457. The van der Waals surface area contributed by atoms with Crippen molar-refractivity contribution in [2.24, 2.45) is 0 Å². The minimum absolute atomic E-state index is 0.0457. The lowest BCUT2D eigenvalue weighted by Crippen LogP contribution is -2.36. The van der Waals surface area contributed by atoms with Crippen LogP contribution in [0.15, 0.2) is 41.3 Å². The maximum absolute atomic E-state index is 11.9. The molecule has 1 atom stereocenters. The van der Waals surface area contributed by atoms with E-state index in [1.165, 1.54) is 31.6 Å². The summed E-state index contributed by atoms with van der Waals surface area (Å²) in [6.45, 7) is 1.76. The van der Waals surface area contributed by atoms with Crippen LogP contribution < -0.4 is 10.1 Å². The highest BCUT2D eigenvalue weighted by molar-refractivity contribution is 5.90. The number of amides is 1. The van der Waals surface area contributed by atoms with Gasteiger partial charge in [0.05, 0.1) is 19.0 Å². The second-order valence-electron chi connectivity index (χ2n) is 4.23. The third kappa shape index (κ3) is 3.82. The minimum atomic E-state index is -1.14. The van der Waals surface area contributed by atoms with Crippen molar-refractivity contribution in [3.05, 3.63) is 48.2 Å². The Bertz CT molecular complexity index is 624. The second kappa shape index (κ2) is 6.56. The van der Waals surface area contributed by atoms with Gasteiger partial charge >= 0.3 is 5.97 Å². The summed E-state index contributed by atoms with van der Waals surface area (Å²) in [5, 5.41) is 11.7. The molecule has 1 unspecified atom stereocenters. The Morgan fingerprint density at radius 2 is 2.29 bits per heavy atom. The third-order valence-corrected chi connectivity index (χ3v) is 2.70. The van der Waals surface area contributed by atoms with Gasteiger partial charge in [-0.15, -0.1) is 0 Å². The standard InChI is InChI=1S/C14H14N2O5/c1-9(13(17)16-7-10-3-2-6-20-10)21-12-8-15-5-4-11(12)14(18)19/h2-6,8-9H,7H2,1H3,(H,16,17)(H,18,19). The van der Waals surface area contributed by atoms with Crippen molar-refractivity contribution >= 4 is 11.9 Å². The van der Waals surface area contributed by atoms with Crippen LogP contribution in [0.5, 0.6) is 5.75 Å². The summed E-state index contributed by atoms with van der Waals surface area (Å²) in [6, 6.07) is 4.76. The zero-order chi connectivity index (χ0) is 15.2. The number of furan rings is 1. The number of nitrogens with zero attached hydrogens (tertiary/aromatic N) is 1. The predicted molar refractivity (Wildman–Crippen MR) is 71.8 cm³/mol. The summed E-state index contributed by atoms with van der Waals surface area (Å²) in [4.78, 5) is 26.7. The van der Waals surface area contributed by atoms with Gasteiger partial charge in [-0.25, -0.2) is 4.79 Å². The fourth-order valence-electron chi connectivity index (χ4n) is 1.63. The number of carboxylic acids is 1. The molecule has 0 aliphatic rings. The first-order chi connectivity index (χ1) is 10.1. The molecule has 0 aliphatic carbocycles. The zero-order valence-electron chi connectivity index (χ0n) is 11.3. The first-order valence-corrected chi connectivity index (χ1v) is 6.22. The number of hydrogen-bond acceptors (Lipinski definition) is 5. The van der Waals surface area contributed by atoms with E-state index >= 15 is 0 Å². The van der Waals surface area contributed by atoms with Crippen molar-refractivity contribution in [3.63, 3.8) is 0 Å². The van der Waals surface area contributed by atoms with Crippen LogP contribution in [0.4, 0.5) is 0 Å². The van der Waals surface area contributed by atoms with Gasteiger partial charge in [-0.2, -0.15) is 0 Å². The van der Waals surface area contributed by atoms with Gasteiger partial charge in [0.25, 0.3) is 5.91 Å².